The maximum atomic E-state index is 13.5. The third-order valence-corrected chi connectivity index (χ3v) is 7.75. The standard InChI is InChI=1S/C34H42N4O4/c1-9-10-17-41-25-19-35-33(36-20-25)38-16-15-37-22(3)18-26-28(24-13-11-21(2)12-14-24)27(23(4)29(38)30(26)37)31(32(39)40-8)42-34(5,6)7/h11-14,18-20,31H,9-10,15-17H2,1-8H3/t31-/m0/s1. The van der Waals surface area contributed by atoms with Crippen LogP contribution in [0.1, 0.15) is 69.0 Å². The molecule has 0 saturated carbocycles. The molecule has 1 aliphatic rings. The normalized spacial score (nSPS) is 13.9. The van der Waals surface area contributed by atoms with E-state index in [9.17, 15) is 4.79 Å². The van der Waals surface area contributed by atoms with E-state index in [1.54, 1.807) is 12.4 Å². The van der Waals surface area contributed by atoms with Crippen molar-refractivity contribution in [3.05, 3.63) is 65.1 Å². The molecule has 0 amide bonds. The van der Waals surface area contributed by atoms with Gasteiger partial charge in [0.25, 0.3) is 0 Å². The van der Waals surface area contributed by atoms with Crippen LogP contribution in [0.15, 0.2) is 42.7 Å². The highest BCUT2D eigenvalue weighted by Crippen LogP contribution is 2.49. The van der Waals surface area contributed by atoms with Crippen molar-refractivity contribution >= 4 is 28.5 Å². The molecule has 0 fully saturated rings. The molecule has 0 radical (unpaired) electrons. The number of unbranched alkanes of at least 4 members (excludes halogenated alkanes) is 1. The van der Waals surface area contributed by atoms with E-state index in [4.69, 9.17) is 24.2 Å². The first-order valence-electron chi connectivity index (χ1n) is 14.8. The summed E-state index contributed by atoms with van der Waals surface area (Å²) in [5.74, 6) is 0.814. The molecule has 42 heavy (non-hydrogen) atoms. The SMILES string of the molecule is CCCCOc1cnc(N2CCn3c(C)cc4c(-c5ccc(C)cc5)c([C@H](OC(C)(C)C)C(=O)OC)c(C)c2c43)nc1. The molecule has 0 spiro atoms. The third kappa shape index (κ3) is 5.60. The van der Waals surface area contributed by atoms with E-state index in [-0.39, 0.29) is 0 Å². The monoisotopic (exact) mass is 570 g/mol. The van der Waals surface area contributed by atoms with Crippen molar-refractivity contribution < 1.29 is 19.0 Å². The van der Waals surface area contributed by atoms with Crippen LogP contribution in [0, 0.1) is 20.8 Å². The van der Waals surface area contributed by atoms with Crippen molar-refractivity contribution in [2.24, 2.45) is 0 Å². The van der Waals surface area contributed by atoms with Crippen molar-refractivity contribution in [3.8, 4) is 16.9 Å². The molecule has 0 N–H and O–H groups in total. The summed E-state index contributed by atoms with van der Waals surface area (Å²) in [6.45, 7) is 16.4. The lowest BCUT2D eigenvalue weighted by Crippen LogP contribution is -2.32. The Kier molecular flexibility index (Phi) is 8.28. The molecule has 3 heterocycles. The summed E-state index contributed by atoms with van der Waals surface area (Å²) in [7, 11) is 1.41. The second-order valence-corrected chi connectivity index (χ2v) is 12.0. The Morgan fingerprint density at radius 3 is 2.36 bits per heavy atom. The fourth-order valence-electron chi connectivity index (χ4n) is 5.79. The van der Waals surface area contributed by atoms with Crippen molar-refractivity contribution in [2.45, 2.75) is 79.6 Å². The van der Waals surface area contributed by atoms with Gasteiger partial charge in [-0.1, -0.05) is 43.2 Å². The first kappa shape index (κ1) is 29.6. The van der Waals surface area contributed by atoms with Gasteiger partial charge < -0.3 is 23.7 Å². The molecule has 1 atom stereocenters. The number of aromatic nitrogens is 3. The molecular weight excluding hydrogens is 528 g/mol. The first-order chi connectivity index (χ1) is 20.0. The van der Waals surface area contributed by atoms with Crippen molar-refractivity contribution in [2.75, 3.05) is 25.2 Å². The Bertz CT molecular complexity index is 1580. The molecule has 0 saturated heterocycles. The van der Waals surface area contributed by atoms with Crippen molar-refractivity contribution in [1.29, 1.82) is 0 Å². The minimum absolute atomic E-state index is 0.434. The van der Waals surface area contributed by atoms with E-state index < -0.39 is 17.7 Å². The highest BCUT2D eigenvalue weighted by Gasteiger charge is 2.37. The number of methoxy groups -OCH3 is 1. The van der Waals surface area contributed by atoms with Crippen LogP contribution in [0.3, 0.4) is 0 Å². The highest BCUT2D eigenvalue weighted by molar-refractivity contribution is 6.08. The van der Waals surface area contributed by atoms with E-state index in [1.807, 2.05) is 20.8 Å². The predicted molar refractivity (Wildman–Crippen MR) is 167 cm³/mol. The Morgan fingerprint density at radius 1 is 1.05 bits per heavy atom. The maximum Gasteiger partial charge on any atom is 0.339 e. The van der Waals surface area contributed by atoms with Gasteiger partial charge in [0.2, 0.25) is 5.95 Å². The van der Waals surface area contributed by atoms with Gasteiger partial charge in [0.05, 0.1) is 42.9 Å². The summed E-state index contributed by atoms with van der Waals surface area (Å²) in [5, 5.41) is 1.06. The largest absolute Gasteiger partial charge is 0.490 e. The van der Waals surface area contributed by atoms with Crippen LogP contribution in [0.2, 0.25) is 0 Å². The number of rotatable bonds is 9. The average Bonchev–Trinajstić information content (AvgIpc) is 3.30. The Hall–Kier alpha value is -3.91. The number of esters is 1. The summed E-state index contributed by atoms with van der Waals surface area (Å²) in [5.41, 5.74) is 7.54. The zero-order valence-electron chi connectivity index (χ0n) is 26.1. The topological polar surface area (TPSA) is 78.7 Å². The van der Waals surface area contributed by atoms with Crippen LogP contribution in [0.4, 0.5) is 11.6 Å². The Labute approximate surface area is 248 Å². The number of benzene rings is 2. The fourth-order valence-corrected chi connectivity index (χ4v) is 5.79. The van der Waals surface area contributed by atoms with Crippen LogP contribution < -0.4 is 9.64 Å². The number of hydrogen-bond donors (Lipinski definition) is 0. The lowest BCUT2D eigenvalue weighted by atomic mass is 9.87. The van der Waals surface area contributed by atoms with Gasteiger partial charge >= 0.3 is 5.97 Å². The van der Waals surface area contributed by atoms with Gasteiger partial charge in [0, 0.05) is 29.7 Å². The Balaban J connectivity index is 1.78. The van der Waals surface area contributed by atoms with Gasteiger partial charge in [-0.2, -0.15) is 0 Å². The van der Waals surface area contributed by atoms with E-state index >= 15 is 0 Å². The number of nitrogens with zero attached hydrogens (tertiary/aromatic N) is 4. The van der Waals surface area contributed by atoms with E-state index in [1.165, 1.54) is 12.7 Å². The quantitative estimate of drug-likeness (QED) is 0.153. The zero-order valence-corrected chi connectivity index (χ0v) is 26.1. The molecule has 0 aliphatic carbocycles. The molecular formula is C34H42N4O4. The number of ether oxygens (including phenoxy) is 3. The summed E-state index contributed by atoms with van der Waals surface area (Å²) >= 11 is 0. The second kappa shape index (κ2) is 11.8. The molecule has 0 bridgehead atoms. The Morgan fingerprint density at radius 2 is 1.74 bits per heavy atom. The summed E-state index contributed by atoms with van der Waals surface area (Å²) in [4.78, 5) is 25.1. The van der Waals surface area contributed by atoms with E-state index in [0.29, 0.717) is 24.8 Å². The molecule has 0 unspecified atom stereocenters. The fraction of sp³-hybridized carbons (Fsp3) is 0.441. The van der Waals surface area contributed by atoms with Crippen LogP contribution in [-0.2, 0) is 20.8 Å². The van der Waals surface area contributed by atoms with E-state index in [2.05, 4.69) is 67.5 Å². The van der Waals surface area contributed by atoms with Gasteiger partial charge in [-0.25, -0.2) is 14.8 Å². The van der Waals surface area contributed by atoms with Gasteiger partial charge in [-0.3, -0.25) is 0 Å². The van der Waals surface area contributed by atoms with Gasteiger partial charge in [0.1, 0.15) is 0 Å². The molecule has 4 aromatic rings. The van der Waals surface area contributed by atoms with Gasteiger partial charge in [0.15, 0.2) is 11.9 Å². The van der Waals surface area contributed by atoms with Gasteiger partial charge in [-0.05, 0) is 70.7 Å². The maximum absolute atomic E-state index is 13.5. The van der Waals surface area contributed by atoms with Gasteiger partial charge in [-0.15, -0.1) is 0 Å². The summed E-state index contributed by atoms with van der Waals surface area (Å²) < 4.78 is 20.0. The van der Waals surface area contributed by atoms with Crippen molar-refractivity contribution in [3.63, 3.8) is 0 Å². The molecule has 2 aromatic heterocycles. The summed E-state index contributed by atoms with van der Waals surface area (Å²) in [6, 6.07) is 10.7. The summed E-state index contributed by atoms with van der Waals surface area (Å²) in [6.07, 6.45) is 4.59. The van der Waals surface area contributed by atoms with Crippen LogP contribution >= 0.6 is 0 Å². The number of carbonyl (C=O) groups excluding carboxylic acids is 1. The minimum atomic E-state index is -0.936. The molecule has 2 aromatic carbocycles. The lowest BCUT2D eigenvalue weighted by molar-refractivity contribution is -0.164. The molecule has 5 rings (SSSR count). The average molecular weight is 571 g/mol. The van der Waals surface area contributed by atoms with Crippen LogP contribution in [0.5, 0.6) is 5.75 Å². The predicted octanol–water partition coefficient (Wildman–Crippen LogP) is 7.38. The first-order valence-corrected chi connectivity index (χ1v) is 14.8. The minimum Gasteiger partial charge on any atom is -0.490 e. The van der Waals surface area contributed by atoms with Crippen LogP contribution in [-0.4, -0.2) is 46.4 Å². The smallest absolute Gasteiger partial charge is 0.339 e. The number of aryl methyl sites for hydroxylation is 2. The lowest BCUT2D eigenvalue weighted by Gasteiger charge is -2.35. The number of carbonyl (C=O) groups is 1. The molecule has 8 nitrogen and oxygen atoms in total. The van der Waals surface area contributed by atoms with Crippen LogP contribution in [0.25, 0.3) is 22.0 Å². The highest BCUT2D eigenvalue weighted by atomic mass is 16.6. The molecule has 1 aliphatic heterocycles. The second-order valence-electron chi connectivity index (χ2n) is 12.0. The zero-order chi connectivity index (χ0) is 30.2. The molecule has 222 valence electrons. The number of anilines is 2. The van der Waals surface area contributed by atoms with Crippen molar-refractivity contribution in [1.82, 2.24) is 14.5 Å². The molecule has 8 heteroatoms. The third-order valence-electron chi connectivity index (χ3n) is 7.75. The number of hydrogen-bond acceptors (Lipinski definition) is 7. The van der Waals surface area contributed by atoms with E-state index in [0.717, 1.165) is 63.9 Å².